The average Bonchev–Trinajstić information content (AvgIpc) is 2.50. The number of unbranched alkanes of at least 4 members (excludes halogenated alkanes) is 11. The fourth-order valence-corrected chi connectivity index (χ4v) is 2.37. The molecule has 0 saturated heterocycles. The first-order valence-electron chi connectivity index (χ1n) is 8.78. The highest BCUT2D eigenvalue weighted by atomic mass is 16.3. The molecule has 2 unspecified atom stereocenters. The van der Waals surface area contributed by atoms with E-state index in [-0.39, 0.29) is 0 Å². The van der Waals surface area contributed by atoms with Crippen LogP contribution >= 0.6 is 0 Å². The lowest BCUT2D eigenvalue weighted by Gasteiger charge is -2.07. The van der Waals surface area contributed by atoms with Gasteiger partial charge in [0.25, 0.3) is 0 Å². The van der Waals surface area contributed by atoms with Crippen molar-refractivity contribution >= 4 is 6.29 Å². The fraction of sp³-hybridized carbons (Fsp3) is 0.833. The lowest BCUT2D eigenvalue weighted by Crippen LogP contribution is -2.34. The van der Waals surface area contributed by atoms with E-state index in [2.05, 4.69) is 6.92 Å². The van der Waals surface area contributed by atoms with Gasteiger partial charge in [0, 0.05) is 0 Å². The molecule has 3 nitrogen and oxygen atoms in total. The molecule has 0 aromatic heterocycles. The van der Waals surface area contributed by atoms with Gasteiger partial charge in [-0.2, -0.15) is 0 Å². The summed E-state index contributed by atoms with van der Waals surface area (Å²) in [6, 6.07) is -0.793. The van der Waals surface area contributed by atoms with Crippen molar-refractivity contribution in [1.29, 1.82) is 0 Å². The Bertz CT molecular complexity index is 254. The number of aldehydes is 1. The molecule has 0 bridgehead atoms. The van der Waals surface area contributed by atoms with Crippen LogP contribution in [0.4, 0.5) is 0 Å². The Morgan fingerprint density at radius 2 is 1.38 bits per heavy atom. The van der Waals surface area contributed by atoms with E-state index < -0.39 is 12.1 Å². The van der Waals surface area contributed by atoms with Gasteiger partial charge in [0.2, 0.25) is 0 Å². The highest BCUT2D eigenvalue weighted by molar-refractivity contribution is 5.58. The second kappa shape index (κ2) is 15.7. The molecule has 0 amide bonds. The maximum Gasteiger partial charge on any atom is 0.139 e. The predicted octanol–water partition coefficient (Wildman–Crippen LogP) is 4.13. The minimum absolute atomic E-state index is 0.581. The maximum atomic E-state index is 10.4. The summed E-state index contributed by atoms with van der Waals surface area (Å²) in [6.07, 6.45) is 19.0. The highest BCUT2D eigenvalue weighted by Crippen LogP contribution is 2.12. The Kier molecular flexibility index (Phi) is 15.2. The normalized spacial score (nSPS) is 14.4. The first-order chi connectivity index (χ1) is 10.2. The summed E-state index contributed by atoms with van der Waals surface area (Å²) in [7, 11) is 0. The number of nitrogens with two attached hydrogens (primary N) is 1. The van der Waals surface area contributed by atoms with Crippen LogP contribution in [0.5, 0.6) is 0 Å². The molecule has 2 atom stereocenters. The van der Waals surface area contributed by atoms with Crippen molar-refractivity contribution in [3.63, 3.8) is 0 Å². The zero-order valence-corrected chi connectivity index (χ0v) is 13.8. The van der Waals surface area contributed by atoms with Crippen molar-refractivity contribution < 1.29 is 9.90 Å². The van der Waals surface area contributed by atoms with E-state index in [4.69, 9.17) is 5.73 Å². The third-order valence-electron chi connectivity index (χ3n) is 3.86. The monoisotopic (exact) mass is 297 g/mol. The predicted molar refractivity (Wildman–Crippen MR) is 90.3 cm³/mol. The van der Waals surface area contributed by atoms with Gasteiger partial charge in [-0.05, 0) is 12.8 Å². The molecule has 0 heterocycles. The molecular formula is C18H35NO2. The summed E-state index contributed by atoms with van der Waals surface area (Å²) in [6.45, 7) is 2.26. The molecule has 0 radical (unpaired) electrons. The number of carbonyl (C=O) groups is 1. The molecule has 3 N–H and O–H groups in total. The van der Waals surface area contributed by atoms with E-state index in [9.17, 15) is 9.90 Å². The third kappa shape index (κ3) is 14.0. The van der Waals surface area contributed by atoms with Crippen molar-refractivity contribution in [1.82, 2.24) is 0 Å². The van der Waals surface area contributed by atoms with E-state index in [1.807, 2.05) is 6.08 Å². The summed E-state index contributed by atoms with van der Waals surface area (Å²) < 4.78 is 0. The molecule has 0 fully saturated rings. The Labute approximate surface area is 131 Å². The van der Waals surface area contributed by atoms with Gasteiger partial charge in [0.15, 0.2) is 0 Å². The van der Waals surface area contributed by atoms with Gasteiger partial charge in [0.05, 0.1) is 12.1 Å². The fourth-order valence-electron chi connectivity index (χ4n) is 2.37. The van der Waals surface area contributed by atoms with Crippen molar-refractivity contribution in [2.24, 2.45) is 5.73 Å². The molecule has 0 aromatic rings. The number of aliphatic hydroxyl groups excluding tert-OH is 1. The van der Waals surface area contributed by atoms with Crippen LogP contribution in [-0.2, 0) is 4.79 Å². The van der Waals surface area contributed by atoms with Gasteiger partial charge in [-0.25, -0.2) is 0 Å². The summed E-state index contributed by atoms with van der Waals surface area (Å²) >= 11 is 0. The number of rotatable bonds is 15. The molecule has 0 spiro atoms. The summed E-state index contributed by atoms with van der Waals surface area (Å²) in [4.78, 5) is 10.4. The molecule has 3 heteroatoms. The SMILES string of the molecule is CCCCCCCCCCCCC/C=C/C(O)C(N)C=O. The third-order valence-corrected chi connectivity index (χ3v) is 3.86. The molecule has 21 heavy (non-hydrogen) atoms. The van der Waals surface area contributed by atoms with E-state index in [0.29, 0.717) is 6.29 Å². The van der Waals surface area contributed by atoms with Crippen LogP contribution in [0.2, 0.25) is 0 Å². The van der Waals surface area contributed by atoms with E-state index in [1.165, 1.54) is 64.2 Å². The van der Waals surface area contributed by atoms with Gasteiger partial charge < -0.3 is 15.6 Å². The van der Waals surface area contributed by atoms with Crippen LogP contribution in [0.1, 0.15) is 84.0 Å². The number of aliphatic hydroxyl groups is 1. The molecule has 0 saturated carbocycles. The van der Waals surface area contributed by atoms with E-state index in [0.717, 1.165) is 12.8 Å². The van der Waals surface area contributed by atoms with Gasteiger partial charge >= 0.3 is 0 Å². The number of hydrogen-bond donors (Lipinski definition) is 2. The summed E-state index contributed by atoms with van der Waals surface area (Å²) in [5.41, 5.74) is 5.39. The first kappa shape index (κ1) is 20.3. The Morgan fingerprint density at radius 1 is 0.905 bits per heavy atom. The summed E-state index contributed by atoms with van der Waals surface area (Å²) in [5, 5.41) is 9.45. The zero-order chi connectivity index (χ0) is 15.8. The topological polar surface area (TPSA) is 63.3 Å². The van der Waals surface area contributed by atoms with Crippen molar-refractivity contribution in [3.05, 3.63) is 12.2 Å². The molecule has 0 rings (SSSR count). The lowest BCUT2D eigenvalue weighted by atomic mass is 10.0. The van der Waals surface area contributed by atoms with Crippen LogP contribution in [0.15, 0.2) is 12.2 Å². The van der Waals surface area contributed by atoms with Gasteiger partial charge in [-0.15, -0.1) is 0 Å². The van der Waals surface area contributed by atoms with Crippen molar-refractivity contribution in [3.8, 4) is 0 Å². The maximum absolute atomic E-state index is 10.4. The lowest BCUT2D eigenvalue weighted by molar-refractivity contribution is -0.110. The van der Waals surface area contributed by atoms with Gasteiger partial charge in [-0.3, -0.25) is 0 Å². The Morgan fingerprint density at radius 3 is 1.86 bits per heavy atom. The largest absolute Gasteiger partial charge is 0.387 e. The minimum atomic E-state index is -0.838. The number of hydrogen-bond acceptors (Lipinski definition) is 3. The van der Waals surface area contributed by atoms with Crippen LogP contribution in [0.3, 0.4) is 0 Å². The Balaban J connectivity index is 3.22. The molecule has 0 aliphatic carbocycles. The molecule has 0 aromatic carbocycles. The van der Waals surface area contributed by atoms with Crippen LogP contribution in [0, 0.1) is 0 Å². The zero-order valence-electron chi connectivity index (χ0n) is 13.8. The Hall–Kier alpha value is -0.670. The average molecular weight is 297 g/mol. The smallest absolute Gasteiger partial charge is 0.139 e. The molecule has 0 aliphatic heterocycles. The number of allylic oxidation sites excluding steroid dienone is 1. The molecule has 0 aliphatic rings. The second-order valence-electron chi connectivity index (χ2n) is 5.96. The molecular weight excluding hydrogens is 262 g/mol. The quantitative estimate of drug-likeness (QED) is 0.271. The first-order valence-corrected chi connectivity index (χ1v) is 8.78. The van der Waals surface area contributed by atoms with Crippen LogP contribution in [0.25, 0.3) is 0 Å². The van der Waals surface area contributed by atoms with E-state index in [1.54, 1.807) is 6.08 Å². The van der Waals surface area contributed by atoms with Crippen molar-refractivity contribution in [2.75, 3.05) is 0 Å². The second-order valence-corrected chi connectivity index (χ2v) is 5.96. The van der Waals surface area contributed by atoms with Crippen LogP contribution in [-0.4, -0.2) is 23.5 Å². The minimum Gasteiger partial charge on any atom is -0.387 e. The number of carbonyl (C=O) groups excluding carboxylic acids is 1. The van der Waals surface area contributed by atoms with Gasteiger partial charge in [0.1, 0.15) is 6.29 Å². The van der Waals surface area contributed by atoms with Gasteiger partial charge in [-0.1, -0.05) is 83.3 Å². The van der Waals surface area contributed by atoms with Crippen molar-refractivity contribution in [2.45, 2.75) is 96.1 Å². The standard InChI is InChI=1S/C18H35NO2/c1-2-3-4-5-6-7-8-9-10-11-12-13-14-15-18(21)17(19)16-20/h14-18,21H,2-13,19H2,1H3/b15-14+. The highest BCUT2D eigenvalue weighted by Gasteiger charge is 2.08. The van der Waals surface area contributed by atoms with E-state index >= 15 is 0 Å². The summed E-state index contributed by atoms with van der Waals surface area (Å²) in [5.74, 6) is 0. The van der Waals surface area contributed by atoms with Crippen LogP contribution < -0.4 is 5.73 Å². The molecule has 124 valence electrons.